The summed E-state index contributed by atoms with van der Waals surface area (Å²) in [4.78, 5) is 24.6. The van der Waals surface area contributed by atoms with E-state index in [4.69, 9.17) is 5.11 Å². The maximum atomic E-state index is 12.0. The van der Waals surface area contributed by atoms with Crippen LogP contribution in [0.2, 0.25) is 0 Å². The van der Waals surface area contributed by atoms with Crippen molar-refractivity contribution in [3.63, 3.8) is 0 Å². The summed E-state index contributed by atoms with van der Waals surface area (Å²) in [7, 11) is 0. The van der Waals surface area contributed by atoms with Crippen LogP contribution in [-0.2, 0) is 9.59 Å². The number of piperidine rings is 1. The molecule has 1 heterocycles. The van der Waals surface area contributed by atoms with Crippen molar-refractivity contribution in [3.8, 4) is 0 Å². The van der Waals surface area contributed by atoms with E-state index >= 15 is 0 Å². The molecule has 1 unspecified atom stereocenters. The largest absolute Gasteiger partial charge is 0.480 e. The number of rotatable bonds is 3. The van der Waals surface area contributed by atoms with E-state index in [2.05, 4.69) is 0 Å². The van der Waals surface area contributed by atoms with Crippen LogP contribution in [0, 0.1) is 5.92 Å². The summed E-state index contributed by atoms with van der Waals surface area (Å²) < 4.78 is 0. The highest BCUT2D eigenvalue weighted by atomic mass is 16.4. The Morgan fingerprint density at radius 1 is 1.12 bits per heavy atom. The van der Waals surface area contributed by atoms with Gasteiger partial charge in [-0.2, -0.15) is 0 Å². The second-order valence-electron chi connectivity index (χ2n) is 4.94. The minimum absolute atomic E-state index is 0.0526. The van der Waals surface area contributed by atoms with Gasteiger partial charge in [-0.25, -0.2) is 4.79 Å². The van der Waals surface area contributed by atoms with Gasteiger partial charge in [0.2, 0.25) is 5.91 Å². The van der Waals surface area contributed by atoms with Crippen molar-refractivity contribution in [2.24, 2.45) is 5.92 Å². The molecular weight excluding hydrogens is 206 g/mol. The molecule has 2 fully saturated rings. The molecule has 4 nitrogen and oxygen atoms in total. The van der Waals surface area contributed by atoms with Crippen LogP contribution in [0.5, 0.6) is 0 Å². The van der Waals surface area contributed by atoms with Gasteiger partial charge in [-0.3, -0.25) is 4.79 Å². The number of likely N-dealkylation sites (tertiary alicyclic amines) is 1. The summed E-state index contributed by atoms with van der Waals surface area (Å²) in [5.74, 6) is -0.276. The van der Waals surface area contributed by atoms with Gasteiger partial charge in [-0.15, -0.1) is 0 Å². The third kappa shape index (κ3) is 2.36. The van der Waals surface area contributed by atoms with Crippen LogP contribution in [0.3, 0.4) is 0 Å². The molecule has 0 aromatic heterocycles. The molecule has 1 amide bonds. The molecule has 2 rings (SSSR count). The molecule has 0 bridgehead atoms. The number of hydrogen-bond donors (Lipinski definition) is 1. The molecule has 2 aliphatic rings. The highest BCUT2D eigenvalue weighted by Crippen LogP contribution is 2.31. The Balaban J connectivity index is 1.93. The molecule has 1 saturated heterocycles. The van der Waals surface area contributed by atoms with Gasteiger partial charge in [0.15, 0.2) is 0 Å². The van der Waals surface area contributed by atoms with E-state index in [1.165, 1.54) is 6.42 Å². The van der Waals surface area contributed by atoms with E-state index in [1.54, 1.807) is 4.90 Å². The summed E-state index contributed by atoms with van der Waals surface area (Å²) >= 11 is 0. The molecule has 0 spiro atoms. The SMILES string of the molecule is O=C(O)C1CCCCN1C(=O)CC1CCC1. The average molecular weight is 225 g/mol. The Morgan fingerprint density at radius 2 is 1.88 bits per heavy atom. The first kappa shape index (κ1) is 11.4. The number of hydrogen-bond acceptors (Lipinski definition) is 2. The fourth-order valence-electron chi connectivity index (χ4n) is 2.55. The Bertz CT molecular complexity index is 286. The number of carboxylic acid groups (broad SMARTS) is 1. The maximum Gasteiger partial charge on any atom is 0.326 e. The predicted molar refractivity (Wildman–Crippen MR) is 58.9 cm³/mol. The summed E-state index contributed by atoms with van der Waals surface area (Å²) in [6.07, 6.45) is 6.54. The summed E-state index contributed by atoms with van der Waals surface area (Å²) in [5, 5.41) is 9.07. The molecule has 1 aliphatic heterocycles. The van der Waals surface area contributed by atoms with Gasteiger partial charge in [0.1, 0.15) is 6.04 Å². The lowest BCUT2D eigenvalue weighted by Crippen LogP contribution is -2.48. The Kier molecular flexibility index (Phi) is 3.46. The zero-order valence-electron chi connectivity index (χ0n) is 9.52. The summed E-state index contributed by atoms with van der Waals surface area (Å²) in [6, 6.07) is -0.568. The number of amides is 1. The van der Waals surface area contributed by atoms with E-state index in [9.17, 15) is 9.59 Å². The van der Waals surface area contributed by atoms with E-state index in [0.29, 0.717) is 25.3 Å². The first-order chi connectivity index (χ1) is 7.68. The number of carbonyl (C=O) groups excluding carboxylic acids is 1. The lowest BCUT2D eigenvalue weighted by Gasteiger charge is -2.35. The second kappa shape index (κ2) is 4.85. The lowest BCUT2D eigenvalue weighted by molar-refractivity contribution is -0.152. The molecule has 1 aliphatic carbocycles. The average Bonchev–Trinajstić information content (AvgIpc) is 2.23. The minimum atomic E-state index is -0.846. The standard InChI is InChI=1S/C12H19NO3/c14-11(8-9-4-3-5-9)13-7-2-1-6-10(13)12(15)16/h9-10H,1-8H2,(H,15,16). The molecule has 16 heavy (non-hydrogen) atoms. The van der Waals surface area contributed by atoms with Gasteiger partial charge in [0.05, 0.1) is 0 Å². The van der Waals surface area contributed by atoms with Crippen molar-refractivity contribution in [1.29, 1.82) is 0 Å². The first-order valence-electron chi connectivity index (χ1n) is 6.21. The highest BCUT2D eigenvalue weighted by molar-refractivity contribution is 5.84. The number of carboxylic acids is 1. The minimum Gasteiger partial charge on any atom is -0.480 e. The summed E-state index contributed by atoms with van der Waals surface area (Å²) in [5.41, 5.74) is 0. The zero-order valence-corrected chi connectivity index (χ0v) is 9.52. The fourth-order valence-corrected chi connectivity index (χ4v) is 2.55. The molecule has 0 aromatic rings. The van der Waals surface area contributed by atoms with E-state index in [0.717, 1.165) is 25.7 Å². The molecule has 1 atom stereocenters. The molecule has 1 N–H and O–H groups in total. The lowest BCUT2D eigenvalue weighted by atomic mass is 9.82. The molecule has 4 heteroatoms. The zero-order chi connectivity index (χ0) is 11.5. The van der Waals surface area contributed by atoms with Gasteiger partial charge < -0.3 is 10.0 Å². The number of carbonyl (C=O) groups is 2. The van der Waals surface area contributed by atoms with Gasteiger partial charge in [-0.05, 0) is 38.0 Å². The molecular formula is C12H19NO3. The number of aliphatic carboxylic acids is 1. The first-order valence-corrected chi connectivity index (χ1v) is 6.21. The van der Waals surface area contributed by atoms with Crippen molar-refractivity contribution in [2.75, 3.05) is 6.54 Å². The van der Waals surface area contributed by atoms with Crippen molar-refractivity contribution >= 4 is 11.9 Å². The van der Waals surface area contributed by atoms with E-state index in [-0.39, 0.29) is 5.91 Å². The van der Waals surface area contributed by atoms with Crippen molar-refractivity contribution < 1.29 is 14.7 Å². The molecule has 0 aromatic carbocycles. The van der Waals surface area contributed by atoms with Crippen LogP contribution >= 0.6 is 0 Å². The monoisotopic (exact) mass is 225 g/mol. The normalized spacial score (nSPS) is 26.2. The quantitative estimate of drug-likeness (QED) is 0.794. The molecule has 0 radical (unpaired) electrons. The van der Waals surface area contributed by atoms with E-state index in [1.807, 2.05) is 0 Å². The Morgan fingerprint density at radius 3 is 2.44 bits per heavy atom. The van der Waals surface area contributed by atoms with Crippen LogP contribution in [0.4, 0.5) is 0 Å². The van der Waals surface area contributed by atoms with Crippen LogP contribution in [0.1, 0.15) is 44.9 Å². The van der Waals surface area contributed by atoms with Crippen LogP contribution in [-0.4, -0.2) is 34.5 Å². The highest BCUT2D eigenvalue weighted by Gasteiger charge is 2.33. The second-order valence-corrected chi connectivity index (χ2v) is 4.94. The van der Waals surface area contributed by atoms with Crippen LogP contribution in [0.15, 0.2) is 0 Å². The fraction of sp³-hybridized carbons (Fsp3) is 0.833. The van der Waals surface area contributed by atoms with Crippen molar-refractivity contribution in [3.05, 3.63) is 0 Å². The van der Waals surface area contributed by atoms with Crippen LogP contribution < -0.4 is 0 Å². The summed E-state index contributed by atoms with van der Waals surface area (Å²) in [6.45, 7) is 0.628. The Hall–Kier alpha value is -1.06. The van der Waals surface area contributed by atoms with Gasteiger partial charge in [0.25, 0.3) is 0 Å². The third-order valence-electron chi connectivity index (χ3n) is 3.80. The molecule has 90 valence electrons. The van der Waals surface area contributed by atoms with Crippen molar-refractivity contribution in [2.45, 2.75) is 51.0 Å². The van der Waals surface area contributed by atoms with Gasteiger partial charge >= 0.3 is 5.97 Å². The topological polar surface area (TPSA) is 57.6 Å². The van der Waals surface area contributed by atoms with E-state index < -0.39 is 12.0 Å². The number of nitrogens with zero attached hydrogens (tertiary/aromatic N) is 1. The predicted octanol–water partition coefficient (Wildman–Crippen LogP) is 1.64. The van der Waals surface area contributed by atoms with Gasteiger partial charge in [0, 0.05) is 13.0 Å². The maximum absolute atomic E-state index is 12.0. The van der Waals surface area contributed by atoms with Gasteiger partial charge in [-0.1, -0.05) is 6.42 Å². The van der Waals surface area contributed by atoms with Crippen LogP contribution in [0.25, 0.3) is 0 Å². The molecule has 1 saturated carbocycles. The smallest absolute Gasteiger partial charge is 0.326 e. The van der Waals surface area contributed by atoms with Crippen molar-refractivity contribution in [1.82, 2.24) is 4.90 Å². The third-order valence-corrected chi connectivity index (χ3v) is 3.80. The Labute approximate surface area is 95.6 Å².